The van der Waals surface area contributed by atoms with Crippen LogP contribution in [0.2, 0.25) is 0 Å². The number of aryl methyl sites for hydroxylation is 1. The van der Waals surface area contributed by atoms with E-state index in [1.54, 1.807) is 32.9 Å². The van der Waals surface area contributed by atoms with Gasteiger partial charge < -0.3 is 10.2 Å². The molecule has 34 heavy (non-hydrogen) atoms. The number of hydrogen-bond acceptors (Lipinski definition) is 2. The molecule has 2 aromatic rings. The Labute approximate surface area is 213 Å². The lowest BCUT2D eigenvalue weighted by Crippen LogP contribution is -2.10. The van der Waals surface area contributed by atoms with E-state index in [-0.39, 0.29) is 1.43 Å². The van der Waals surface area contributed by atoms with E-state index in [9.17, 15) is 0 Å². The molecular formula is C32H56O2. The van der Waals surface area contributed by atoms with Gasteiger partial charge in [0.25, 0.3) is 0 Å². The van der Waals surface area contributed by atoms with Crippen molar-refractivity contribution in [1.29, 1.82) is 0 Å². The van der Waals surface area contributed by atoms with Gasteiger partial charge in [-0.25, -0.2) is 0 Å². The number of aliphatic hydroxyl groups is 1. The fraction of sp³-hybridized carbons (Fsp3) is 0.625. The fourth-order valence-corrected chi connectivity index (χ4v) is 3.53. The molecule has 0 aromatic heterocycles. The first kappa shape index (κ1) is 32.2. The van der Waals surface area contributed by atoms with Crippen molar-refractivity contribution in [3.63, 3.8) is 0 Å². The van der Waals surface area contributed by atoms with Crippen molar-refractivity contribution < 1.29 is 11.6 Å². The molecule has 0 spiro atoms. The Bertz CT molecular complexity index is 746. The van der Waals surface area contributed by atoms with Crippen LogP contribution in [0.15, 0.2) is 48.5 Å². The maximum atomic E-state index is 9.07. The van der Waals surface area contributed by atoms with Crippen LogP contribution in [-0.2, 0) is 6.42 Å². The third-order valence-corrected chi connectivity index (χ3v) is 5.62. The van der Waals surface area contributed by atoms with E-state index in [0.717, 1.165) is 0 Å². The minimum Gasteiger partial charge on any atom is -0.508 e. The van der Waals surface area contributed by atoms with Gasteiger partial charge in [-0.1, -0.05) is 97.7 Å². The highest BCUT2D eigenvalue weighted by molar-refractivity contribution is 5.28. The van der Waals surface area contributed by atoms with Gasteiger partial charge in [-0.3, -0.25) is 0 Å². The van der Waals surface area contributed by atoms with Crippen LogP contribution in [0.5, 0.6) is 5.75 Å². The summed E-state index contributed by atoms with van der Waals surface area (Å²) in [5.74, 6) is 1.66. The highest BCUT2D eigenvalue weighted by Crippen LogP contribution is 2.24. The van der Waals surface area contributed by atoms with Crippen molar-refractivity contribution in [3.05, 3.63) is 65.2 Å². The highest BCUT2D eigenvalue weighted by atomic mass is 16.3. The Kier molecular flexibility index (Phi) is 15.1. The average Bonchev–Trinajstić information content (AvgIpc) is 2.72. The van der Waals surface area contributed by atoms with Gasteiger partial charge >= 0.3 is 0 Å². The monoisotopic (exact) mass is 473 g/mol. The predicted molar refractivity (Wildman–Crippen MR) is 153 cm³/mol. The standard InChI is InChI=1S/C17H28.C11H16O.C4H10O.H2/c1-6-7-14(2)16-10-8-15(9-11-16)12-13-17(3,4)5;1-3-4-9(2)10-5-7-11(12)8-6-10;1-4(2,3)5;/h8-11,14H,6-7,12-13H2,1-5H3;5-9,12H,3-4H2,1-2H3;5H,1-3H3;1H/i;;;1+1. The summed E-state index contributed by atoms with van der Waals surface area (Å²) in [6.45, 7) is 21.2. The third-order valence-electron chi connectivity index (χ3n) is 5.62. The number of phenols is 1. The molecule has 2 unspecified atom stereocenters. The maximum Gasteiger partial charge on any atom is 0.115 e. The van der Waals surface area contributed by atoms with E-state index in [4.69, 9.17) is 10.2 Å². The molecule has 0 radical (unpaired) electrons. The Morgan fingerprint density at radius 2 is 1.06 bits per heavy atom. The Hall–Kier alpha value is -1.80. The van der Waals surface area contributed by atoms with Gasteiger partial charge in [-0.2, -0.15) is 0 Å². The van der Waals surface area contributed by atoms with Gasteiger partial charge in [0.1, 0.15) is 5.75 Å². The molecule has 2 N–H and O–H groups in total. The van der Waals surface area contributed by atoms with E-state index >= 15 is 0 Å². The van der Waals surface area contributed by atoms with Crippen molar-refractivity contribution in [3.8, 4) is 5.75 Å². The second kappa shape index (κ2) is 16.0. The number of phenolic OH excluding ortho intramolecular Hbond substituents is 1. The van der Waals surface area contributed by atoms with E-state index in [1.165, 1.54) is 55.2 Å². The van der Waals surface area contributed by atoms with Gasteiger partial charge in [0.05, 0.1) is 5.60 Å². The minimum atomic E-state index is -0.500. The first-order valence-corrected chi connectivity index (χ1v) is 13.3. The largest absolute Gasteiger partial charge is 0.508 e. The molecule has 0 saturated carbocycles. The summed E-state index contributed by atoms with van der Waals surface area (Å²) in [5, 5.41) is 17.6. The number of aromatic hydroxyl groups is 1. The summed E-state index contributed by atoms with van der Waals surface area (Å²) in [5.41, 5.74) is 4.22. The lowest BCUT2D eigenvalue weighted by molar-refractivity contribution is 0.102. The molecule has 0 fully saturated rings. The molecule has 196 valence electrons. The van der Waals surface area contributed by atoms with Crippen LogP contribution < -0.4 is 0 Å². The van der Waals surface area contributed by atoms with Gasteiger partial charge in [0.2, 0.25) is 0 Å². The number of rotatable bonds is 8. The second-order valence-electron chi connectivity index (χ2n) is 11.9. The smallest absolute Gasteiger partial charge is 0.115 e. The van der Waals surface area contributed by atoms with Crippen LogP contribution in [-0.4, -0.2) is 15.8 Å². The van der Waals surface area contributed by atoms with Crippen molar-refractivity contribution in [2.75, 3.05) is 0 Å². The molecule has 2 heteroatoms. The highest BCUT2D eigenvalue weighted by Gasteiger charge is 2.10. The molecule has 2 aromatic carbocycles. The zero-order chi connectivity index (χ0) is 26.4. The summed E-state index contributed by atoms with van der Waals surface area (Å²) in [4.78, 5) is 0. The van der Waals surface area contributed by atoms with Crippen LogP contribution in [0, 0.1) is 5.41 Å². The summed E-state index contributed by atoms with van der Waals surface area (Å²) in [7, 11) is 0. The van der Waals surface area contributed by atoms with Crippen molar-refractivity contribution in [2.45, 2.75) is 125 Å². The zero-order valence-corrected chi connectivity index (χ0v) is 23.9. The molecular weight excluding hydrogens is 416 g/mol. The van der Waals surface area contributed by atoms with Crippen LogP contribution in [0.3, 0.4) is 0 Å². The molecule has 2 rings (SSSR count). The lowest BCUT2D eigenvalue weighted by atomic mass is 9.88. The quantitative estimate of drug-likeness (QED) is 0.400. The second-order valence-corrected chi connectivity index (χ2v) is 11.9. The van der Waals surface area contributed by atoms with Gasteiger partial charge in [0, 0.05) is 1.43 Å². The topological polar surface area (TPSA) is 40.5 Å². The first-order valence-electron chi connectivity index (χ1n) is 13.3. The summed E-state index contributed by atoms with van der Waals surface area (Å²) in [6.07, 6.45) is 7.45. The van der Waals surface area contributed by atoms with Crippen molar-refractivity contribution >= 4 is 0 Å². The molecule has 0 bridgehead atoms. The van der Waals surface area contributed by atoms with Gasteiger partial charge in [-0.15, -0.1) is 0 Å². The van der Waals surface area contributed by atoms with Gasteiger partial charge in [-0.05, 0) is 92.5 Å². The van der Waals surface area contributed by atoms with E-state index < -0.39 is 5.60 Å². The van der Waals surface area contributed by atoms with E-state index in [2.05, 4.69) is 72.7 Å². The van der Waals surface area contributed by atoms with Crippen molar-refractivity contribution in [1.82, 2.24) is 0 Å². The molecule has 2 atom stereocenters. The Morgan fingerprint density at radius 1 is 0.706 bits per heavy atom. The van der Waals surface area contributed by atoms with E-state index in [1.807, 2.05) is 12.1 Å². The molecule has 0 aliphatic heterocycles. The minimum absolute atomic E-state index is 0. The number of benzene rings is 2. The number of hydrogen-bond donors (Lipinski definition) is 2. The van der Waals surface area contributed by atoms with Crippen LogP contribution >= 0.6 is 0 Å². The predicted octanol–water partition coefficient (Wildman–Crippen LogP) is 9.89. The van der Waals surface area contributed by atoms with Crippen LogP contribution in [0.4, 0.5) is 0 Å². The third kappa shape index (κ3) is 17.6. The average molecular weight is 474 g/mol. The van der Waals surface area contributed by atoms with Crippen LogP contribution in [0.25, 0.3) is 0 Å². The summed E-state index contributed by atoms with van der Waals surface area (Å²) < 4.78 is 0. The Balaban J connectivity index is 0. The molecule has 0 saturated heterocycles. The Morgan fingerprint density at radius 3 is 1.38 bits per heavy atom. The zero-order valence-electron chi connectivity index (χ0n) is 23.9. The lowest BCUT2D eigenvalue weighted by Gasteiger charge is -2.18. The SMILES string of the molecule is CC(C)(C)O.CCCC(C)c1ccc(CCC(C)(C)C)cc1.CCCC(C)c1ccc(O)cc1.[2HH]. The molecule has 0 heterocycles. The summed E-state index contributed by atoms with van der Waals surface area (Å²) in [6, 6.07) is 16.8. The molecule has 0 amide bonds. The van der Waals surface area contributed by atoms with E-state index in [0.29, 0.717) is 23.0 Å². The summed E-state index contributed by atoms with van der Waals surface area (Å²) >= 11 is 0. The fourth-order valence-electron chi connectivity index (χ4n) is 3.53. The molecule has 2 nitrogen and oxygen atoms in total. The van der Waals surface area contributed by atoms with Gasteiger partial charge in [0.15, 0.2) is 0 Å². The van der Waals surface area contributed by atoms with Crippen molar-refractivity contribution in [2.24, 2.45) is 5.41 Å². The molecule has 0 aliphatic carbocycles. The maximum absolute atomic E-state index is 9.07. The van der Waals surface area contributed by atoms with Crippen LogP contribution in [0.1, 0.15) is 131 Å². The normalized spacial score (nSPS) is 13.1. The first-order chi connectivity index (χ1) is 15.7. The molecule has 0 aliphatic rings.